The van der Waals surface area contributed by atoms with Gasteiger partial charge in [-0.25, -0.2) is 4.39 Å². The molecule has 1 aromatic heterocycles. The van der Waals surface area contributed by atoms with Gasteiger partial charge >= 0.3 is 0 Å². The maximum atomic E-state index is 14.0. The number of hydrogen-bond acceptors (Lipinski definition) is 4. The number of nitrogens with one attached hydrogen (secondary N) is 2. The summed E-state index contributed by atoms with van der Waals surface area (Å²) < 4.78 is 16.0. The van der Waals surface area contributed by atoms with Gasteiger partial charge in [-0.3, -0.25) is 4.99 Å². The van der Waals surface area contributed by atoms with Gasteiger partial charge in [0.1, 0.15) is 18.0 Å². The molecule has 0 unspecified atom stereocenters. The molecular formula is C17H26FN7. The standard InChI is InChI=1S/C17H26FN7/c1-5-16-23-22-12-25(16)9-8-20-17(19-2)21-11-13-6-7-15(24(3)4)14(18)10-13/h6-7,10,12H,5,8-9,11H2,1-4H3,(H2,19,20,21). The van der Waals surface area contributed by atoms with E-state index in [4.69, 9.17) is 0 Å². The van der Waals surface area contributed by atoms with Crippen molar-refractivity contribution in [3.8, 4) is 0 Å². The van der Waals surface area contributed by atoms with Crippen LogP contribution in [0.5, 0.6) is 0 Å². The molecule has 0 radical (unpaired) electrons. The monoisotopic (exact) mass is 347 g/mol. The molecule has 0 aliphatic heterocycles. The van der Waals surface area contributed by atoms with Crippen molar-refractivity contribution < 1.29 is 4.39 Å². The van der Waals surface area contributed by atoms with Crippen molar-refractivity contribution in [2.75, 3.05) is 32.6 Å². The lowest BCUT2D eigenvalue weighted by Gasteiger charge is -2.15. The molecule has 0 amide bonds. The van der Waals surface area contributed by atoms with Gasteiger partial charge in [-0.2, -0.15) is 0 Å². The Kier molecular flexibility index (Phi) is 6.73. The van der Waals surface area contributed by atoms with Crippen LogP contribution in [0.2, 0.25) is 0 Å². The zero-order valence-electron chi connectivity index (χ0n) is 15.3. The molecule has 8 heteroatoms. The van der Waals surface area contributed by atoms with Crippen LogP contribution in [0.4, 0.5) is 10.1 Å². The van der Waals surface area contributed by atoms with E-state index in [-0.39, 0.29) is 5.82 Å². The number of anilines is 1. The highest BCUT2D eigenvalue weighted by molar-refractivity contribution is 5.79. The normalized spacial score (nSPS) is 11.5. The van der Waals surface area contributed by atoms with Gasteiger partial charge in [0.15, 0.2) is 5.96 Å². The molecule has 2 N–H and O–H groups in total. The first-order valence-corrected chi connectivity index (χ1v) is 8.32. The fourth-order valence-corrected chi connectivity index (χ4v) is 2.46. The van der Waals surface area contributed by atoms with E-state index >= 15 is 0 Å². The van der Waals surface area contributed by atoms with Crippen LogP contribution in [0.25, 0.3) is 0 Å². The number of benzene rings is 1. The lowest BCUT2D eigenvalue weighted by molar-refractivity contribution is 0.621. The summed E-state index contributed by atoms with van der Waals surface area (Å²) in [5, 5.41) is 14.4. The number of halogens is 1. The number of nitrogens with zero attached hydrogens (tertiary/aromatic N) is 5. The topological polar surface area (TPSA) is 70.4 Å². The highest BCUT2D eigenvalue weighted by Gasteiger charge is 2.06. The largest absolute Gasteiger partial charge is 0.375 e. The third-order valence-electron chi connectivity index (χ3n) is 3.83. The summed E-state index contributed by atoms with van der Waals surface area (Å²) >= 11 is 0. The van der Waals surface area contributed by atoms with E-state index in [1.807, 2.05) is 24.7 Å². The number of aryl methyl sites for hydroxylation is 1. The summed E-state index contributed by atoms with van der Waals surface area (Å²) in [4.78, 5) is 5.94. The van der Waals surface area contributed by atoms with Crippen molar-refractivity contribution in [3.05, 3.63) is 41.7 Å². The predicted octanol–water partition coefficient (Wildman–Crippen LogP) is 1.41. The van der Waals surface area contributed by atoms with Crippen molar-refractivity contribution in [1.29, 1.82) is 0 Å². The quantitative estimate of drug-likeness (QED) is 0.585. The Hall–Kier alpha value is -2.64. The van der Waals surface area contributed by atoms with Crippen LogP contribution in [0.3, 0.4) is 0 Å². The maximum Gasteiger partial charge on any atom is 0.191 e. The molecule has 136 valence electrons. The molecule has 2 rings (SSSR count). The van der Waals surface area contributed by atoms with Gasteiger partial charge in [0.25, 0.3) is 0 Å². The van der Waals surface area contributed by atoms with Crippen LogP contribution < -0.4 is 15.5 Å². The summed E-state index contributed by atoms with van der Waals surface area (Å²) in [5.41, 5.74) is 1.44. The van der Waals surface area contributed by atoms with Gasteiger partial charge in [-0.15, -0.1) is 10.2 Å². The molecule has 7 nitrogen and oxygen atoms in total. The second-order valence-corrected chi connectivity index (χ2v) is 5.83. The van der Waals surface area contributed by atoms with Crippen molar-refractivity contribution in [2.45, 2.75) is 26.4 Å². The smallest absolute Gasteiger partial charge is 0.191 e. The van der Waals surface area contributed by atoms with Gasteiger partial charge in [0.2, 0.25) is 0 Å². The SMILES string of the molecule is CCc1nncn1CCNC(=NC)NCc1ccc(N(C)C)c(F)c1. The van der Waals surface area contributed by atoms with Gasteiger partial charge in [-0.1, -0.05) is 13.0 Å². The first-order valence-electron chi connectivity index (χ1n) is 8.32. The van der Waals surface area contributed by atoms with Crippen LogP contribution in [0.15, 0.2) is 29.5 Å². The van der Waals surface area contributed by atoms with Gasteiger partial charge < -0.3 is 20.1 Å². The average molecular weight is 347 g/mol. The van der Waals surface area contributed by atoms with Crippen LogP contribution in [-0.4, -0.2) is 48.4 Å². The third kappa shape index (κ3) is 5.17. The van der Waals surface area contributed by atoms with Crippen molar-refractivity contribution in [2.24, 2.45) is 4.99 Å². The lowest BCUT2D eigenvalue weighted by atomic mass is 10.2. The molecule has 0 aliphatic carbocycles. The summed E-state index contributed by atoms with van der Waals surface area (Å²) in [6.07, 6.45) is 2.58. The Bertz CT molecular complexity index is 709. The predicted molar refractivity (Wildman–Crippen MR) is 98.3 cm³/mol. The van der Waals surface area contributed by atoms with E-state index < -0.39 is 0 Å². The maximum absolute atomic E-state index is 14.0. The zero-order chi connectivity index (χ0) is 18.2. The van der Waals surface area contributed by atoms with Crippen LogP contribution in [0.1, 0.15) is 18.3 Å². The highest BCUT2D eigenvalue weighted by atomic mass is 19.1. The number of rotatable bonds is 7. The second-order valence-electron chi connectivity index (χ2n) is 5.83. The highest BCUT2D eigenvalue weighted by Crippen LogP contribution is 2.18. The van der Waals surface area contributed by atoms with Crippen LogP contribution in [0, 0.1) is 5.82 Å². The Morgan fingerprint density at radius 3 is 2.76 bits per heavy atom. The molecular weight excluding hydrogens is 321 g/mol. The number of guanidine groups is 1. The Morgan fingerprint density at radius 1 is 1.32 bits per heavy atom. The molecule has 0 saturated heterocycles. The molecule has 0 spiro atoms. The third-order valence-corrected chi connectivity index (χ3v) is 3.83. The number of aliphatic imine (C=N–C) groups is 1. The van der Waals surface area contributed by atoms with Gasteiger partial charge in [-0.05, 0) is 17.7 Å². The molecule has 0 atom stereocenters. The molecule has 0 saturated carbocycles. The number of hydrogen-bond donors (Lipinski definition) is 2. The fourth-order valence-electron chi connectivity index (χ4n) is 2.46. The van der Waals surface area contributed by atoms with Crippen molar-refractivity contribution >= 4 is 11.6 Å². The molecule has 0 aliphatic rings. The number of aromatic nitrogens is 3. The molecule has 1 heterocycles. The summed E-state index contributed by atoms with van der Waals surface area (Å²) in [7, 11) is 5.35. The second kappa shape index (κ2) is 9.00. The summed E-state index contributed by atoms with van der Waals surface area (Å²) in [6, 6.07) is 5.23. The minimum atomic E-state index is -0.230. The molecule has 25 heavy (non-hydrogen) atoms. The van der Waals surface area contributed by atoms with E-state index in [0.29, 0.717) is 24.7 Å². The van der Waals surface area contributed by atoms with E-state index in [1.165, 1.54) is 0 Å². The molecule has 1 aromatic carbocycles. The summed E-state index contributed by atoms with van der Waals surface area (Å²) in [6.45, 7) is 3.99. The Balaban J connectivity index is 1.83. The summed E-state index contributed by atoms with van der Waals surface area (Å²) in [5.74, 6) is 1.40. The van der Waals surface area contributed by atoms with Crippen molar-refractivity contribution in [1.82, 2.24) is 25.4 Å². The lowest BCUT2D eigenvalue weighted by Crippen LogP contribution is -2.38. The van der Waals surface area contributed by atoms with E-state index in [2.05, 4.69) is 32.7 Å². The van der Waals surface area contributed by atoms with E-state index in [1.54, 1.807) is 30.4 Å². The van der Waals surface area contributed by atoms with Crippen molar-refractivity contribution in [3.63, 3.8) is 0 Å². The minimum Gasteiger partial charge on any atom is -0.375 e. The van der Waals surface area contributed by atoms with Crippen LogP contribution in [-0.2, 0) is 19.5 Å². The van der Waals surface area contributed by atoms with E-state index in [9.17, 15) is 4.39 Å². The van der Waals surface area contributed by atoms with E-state index in [0.717, 1.165) is 24.4 Å². The molecule has 0 bridgehead atoms. The first-order chi connectivity index (χ1) is 12.0. The first kappa shape index (κ1) is 18.7. The Morgan fingerprint density at radius 2 is 2.12 bits per heavy atom. The van der Waals surface area contributed by atoms with Crippen LogP contribution >= 0.6 is 0 Å². The van der Waals surface area contributed by atoms with Gasteiger partial charge in [0.05, 0.1) is 5.69 Å². The minimum absolute atomic E-state index is 0.230. The molecule has 2 aromatic rings. The molecule has 0 fully saturated rings. The van der Waals surface area contributed by atoms with Gasteiger partial charge in [0, 0.05) is 47.2 Å². The average Bonchev–Trinajstić information content (AvgIpc) is 3.05. The Labute approximate surface area is 148 Å². The zero-order valence-corrected chi connectivity index (χ0v) is 15.3. The fraction of sp³-hybridized carbons (Fsp3) is 0.471.